The molecule has 2 aromatic heterocycles. The second-order valence-corrected chi connectivity index (χ2v) is 18.8. The molecule has 0 aliphatic carbocycles. The molecule has 222 valence electrons. The third-order valence-electron chi connectivity index (χ3n) is 6.82. The zero-order chi connectivity index (χ0) is 29.7. The number of nitrogens with zero attached hydrogens (tertiary/aromatic N) is 5. The molecule has 4 rings (SSSR count). The first-order valence-corrected chi connectivity index (χ1v) is 19.1. The zero-order valence-corrected chi connectivity index (χ0v) is 27.5. The van der Waals surface area contributed by atoms with Crippen molar-refractivity contribution in [2.75, 3.05) is 13.2 Å². The van der Waals surface area contributed by atoms with Crippen molar-refractivity contribution in [1.82, 2.24) is 24.2 Å². The van der Waals surface area contributed by atoms with E-state index >= 15 is 0 Å². The summed E-state index contributed by atoms with van der Waals surface area (Å²) in [5, 5.41) is 8.50. The van der Waals surface area contributed by atoms with Crippen LogP contribution in [0.25, 0.3) is 11.3 Å². The van der Waals surface area contributed by atoms with E-state index in [1.807, 2.05) is 24.3 Å². The maximum Gasteiger partial charge on any atom is 0.370 e. The normalized spacial score (nSPS) is 16.1. The molecule has 0 unspecified atom stereocenters. The first kappa shape index (κ1) is 31.5. The van der Waals surface area contributed by atoms with Crippen molar-refractivity contribution in [2.45, 2.75) is 78.0 Å². The smallest absolute Gasteiger partial charge is 0.370 e. The standard InChI is InChI=1S/C28H37Cl2N5O4SSi/c1-6-8-13-39-19-9-11-21(23(29)16-19)24-17-22(25-12-10-20(7-2)40-25)26(27(36)34(24)30)35-28(37)33(31-32-35)18-38-14-15-41(3,4)5/h9-12,16,24H,6-8,13-15,17-18H2,1-5H3/t24-/m0/s1. The lowest BCUT2D eigenvalue weighted by molar-refractivity contribution is -0.123. The molecule has 0 radical (unpaired) electrons. The van der Waals surface area contributed by atoms with Crippen molar-refractivity contribution in [1.29, 1.82) is 0 Å². The van der Waals surface area contributed by atoms with Gasteiger partial charge in [0.15, 0.2) is 0 Å². The Kier molecular flexibility index (Phi) is 10.5. The molecular formula is C28H37Cl2N5O4SSi. The molecule has 1 aliphatic rings. The average molecular weight is 639 g/mol. The number of tetrazole rings is 1. The summed E-state index contributed by atoms with van der Waals surface area (Å²) in [6.45, 7) is 12.0. The van der Waals surface area contributed by atoms with Crippen LogP contribution in [0.5, 0.6) is 5.75 Å². The van der Waals surface area contributed by atoms with E-state index in [1.165, 1.54) is 0 Å². The highest BCUT2D eigenvalue weighted by molar-refractivity contribution is 7.13. The molecule has 41 heavy (non-hydrogen) atoms. The third kappa shape index (κ3) is 7.50. The number of benzene rings is 1. The monoisotopic (exact) mass is 637 g/mol. The topological polar surface area (TPSA) is 91.5 Å². The number of carbonyl (C=O) groups is 1. The van der Waals surface area contributed by atoms with Gasteiger partial charge in [0.2, 0.25) is 0 Å². The van der Waals surface area contributed by atoms with Crippen molar-refractivity contribution >= 4 is 60.0 Å². The van der Waals surface area contributed by atoms with Gasteiger partial charge in [0.1, 0.15) is 18.2 Å². The van der Waals surface area contributed by atoms with Crippen LogP contribution >= 0.6 is 34.7 Å². The van der Waals surface area contributed by atoms with Crippen LogP contribution in [-0.2, 0) is 22.7 Å². The molecule has 0 saturated carbocycles. The molecule has 9 nitrogen and oxygen atoms in total. The van der Waals surface area contributed by atoms with Gasteiger partial charge in [-0.05, 0) is 59.1 Å². The Balaban J connectivity index is 1.69. The Morgan fingerprint density at radius 1 is 1.10 bits per heavy atom. The van der Waals surface area contributed by atoms with Gasteiger partial charge >= 0.3 is 5.69 Å². The summed E-state index contributed by atoms with van der Waals surface area (Å²) in [7, 11) is -1.29. The number of rotatable bonds is 13. The van der Waals surface area contributed by atoms with E-state index in [4.69, 9.17) is 32.9 Å². The number of unbranched alkanes of at least 4 members (excludes halogenated alkanes) is 1. The van der Waals surface area contributed by atoms with Crippen LogP contribution in [0.3, 0.4) is 0 Å². The number of amides is 1. The highest BCUT2D eigenvalue weighted by Gasteiger charge is 2.39. The fraction of sp³-hybridized carbons (Fsp3) is 0.500. The van der Waals surface area contributed by atoms with Gasteiger partial charge in [-0.15, -0.1) is 11.3 Å². The van der Waals surface area contributed by atoms with Gasteiger partial charge in [-0.2, -0.15) is 9.36 Å². The number of hydrogen-bond acceptors (Lipinski definition) is 7. The van der Waals surface area contributed by atoms with Crippen LogP contribution in [-0.4, -0.2) is 51.4 Å². The summed E-state index contributed by atoms with van der Waals surface area (Å²) in [4.78, 5) is 29.2. The van der Waals surface area contributed by atoms with Gasteiger partial charge in [-0.3, -0.25) is 4.79 Å². The molecule has 0 fully saturated rings. The molecule has 13 heteroatoms. The SMILES string of the molecule is CCCCOc1ccc([C@@H]2CC(c3ccc(CC)s3)=C(n3nnn(COCC[Si](C)(C)C)c3=O)C(=O)N2Cl)c(Cl)c1. The maximum atomic E-state index is 13.9. The van der Waals surface area contributed by atoms with Gasteiger partial charge in [-0.1, -0.05) is 57.6 Å². The van der Waals surface area contributed by atoms with Crippen LogP contribution in [0.15, 0.2) is 35.1 Å². The summed E-state index contributed by atoms with van der Waals surface area (Å²) < 4.78 is 14.7. The second kappa shape index (κ2) is 13.7. The number of thiophene rings is 1. The molecule has 0 spiro atoms. The quantitative estimate of drug-likeness (QED) is 0.118. The van der Waals surface area contributed by atoms with E-state index < -0.39 is 25.7 Å². The largest absolute Gasteiger partial charge is 0.494 e. The van der Waals surface area contributed by atoms with Crippen LogP contribution in [0.1, 0.15) is 54.5 Å². The van der Waals surface area contributed by atoms with Crippen LogP contribution in [0, 0.1) is 0 Å². The predicted octanol–water partition coefficient (Wildman–Crippen LogP) is 6.70. The first-order chi connectivity index (χ1) is 19.5. The summed E-state index contributed by atoms with van der Waals surface area (Å²) in [6, 6.07) is 9.81. The molecule has 0 N–H and O–H groups in total. The summed E-state index contributed by atoms with van der Waals surface area (Å²) in [5.41, 5.74) is 0.860. The number of halogens is 2. The average Bonchev–Trinajstić information content (AvgIpc) is 3.55. The van der Waals surface area contributed by atoms with Crippen molar-refractivity contribution in [3.05, 3.63) is 61.2 Å². The van der Waals surface area contributed by atoms with Gasteiger partial charge in [0, 0.05) is 53.2 Å². The Hall–Kier alpha value is -2.44. The highest BCUT2D eigenvalue weighted by Crippen LogP contribution is 2.45. The number of ether oxygens (including phenoxy) is 2. The molecule has 1 aromatic carbocycles. The maximum absolute atomic E-state index is 13.9. The summed E-state index contributed by atoms with van der Waals surface area (Å²) >= 11 is 15.0. The van der Waals surface area contributed by atoms with Crippen molar-refractivity contribution < 1.29 is 14.3 Å². The van der Waals surface area contributed by atoms with E-state index in [2.05, 4.69) is 43.9 Å². The highest BCUT2D eigenvalue weighted by atomic mass is 35.5. The van der Waals surface area contributed by atoms with Gasteiger partial charge < -0.3 is 9.47 Å². The minimum atomic E-state index is -1.29. The number of hydrogen-bond donors (Lipinski definition) is 0. The minimum Gasteiger partial charge on any atom is -0.494 e. The number of aromatic nitrogens is 4. The molecule has 0 bridgehead atoms. The van der Waals surface area contributed by atoms with Crippen LogP contribution in [0.4, 0.5) is 0 Å². The lowest BCUT2D eigenvalue weighted by Crippen LogP contribution is -2.38. The van der Waals surface area contributed by atoms with Gasteiger partial charge in [0.25, 0.3) is 5.91 Å². The number of carbonyl (C=O) groups excluding carboxylic acids is 1. The molecule has 0 saturated heterocycles. The Morgan fingerprint density at radius 3 is 2.54 bits per heavy atom. The molecule has 3 aromatic rings. The van der Waals surface area contributed by atoms with Crippen LogP contribution < -0.4 is 10.4 Å². The first-order valence-electron chi connectivity index (χ1n) is 13.9. The van der Waals surface area contributed by atoms with Crippen LogP contribution in [0.2, 0.25) is 30.7 Å². The summed E-state index contributed by atoms with van der Waals surface area (Å²) in [5.74, 6) is 0.102. The van der Waals surface area contributed by atoms with Crippen molar-refractivity contribution in [2.24, 2.45) is 0 Å². The Morgan fingerprint density at radius 2 is 1.88 bits per heavy atom. The Bertz CT molecular complexity index is 1460. The number of aryl methyl sites for hydroxylation is 1. The fourth-order valence-corrected chi connectivity index (χ4v) is 6.68. The van der Waals surface area contributed by atoms with Gasteiger partial charge in [0.05, 0.1) is 12.6 Å². The van der Waals surface area contributed by atoms with E-state index in [0.717, 1.165) is 48.8 Å². The molecular weight excluding hydrogens is 601 g/mol. The molecule has 1 atom stereocenters. The van der Waals surface area contributed by atoms with Gasteiger partial charge in [-0.25, -0.2) is 9.21 Å². The minimum absolute atomic E-state index is 0.0470. The second-order valence-electron chi connectivity index (χ2n) is 11.2. The Labute approximate surface area is 255 Å². The molecule has 1 aliphatic heterocycles. The molecule has 1 amide bonds. The third-order valence-corrected chi connectivity index (χ3v) is 10.5. The van der Waals surface area contributed by atoms with E-state index in [1.54, 1.807) is 17.4 Å². The zero-order valence-electron chi connectivity index (χ0n) is 24.2. The van der Waals surface area contributed by atoms with Crippen molar-refractivity contribution in [3.63, 3.8) is 0 Å². The lowest BCUT2D eigenvalue weighted by atomic mass is 9.92. The van der Waals surface area contributed by atoms with E-state index in [0.29, 0.717) is 41.5 Å². The van der Waals surface area contributed by atoms with Crippen molar-refractivity contribution in [3.8, 4) is 5.75 Å². The molecule has 3 heterocycles. The predicted molar refractivity (Wildman–Crippen MR) is 167 cm³/mol. The lowest BCUT2D eigenvalue weighted by Gasteiger charge is -2.33. The van der Waals surface area contributed by atoms with E-state index in [-0.39, 0.29) is 12.4 Å². The van der Waals surface area contributed by atoms with E-state index in [9.17, 15) is 9.59 Å². The fourth-order valence-electron chi connectivity index (χ4n) is 4.37. The summed E-state index contributed by atoms with van der Waals surface area (Å²) in [6.07, 6.45) is 3.15.